The molecular weight excluding hydrogens is 480 g/mol. The number of carbonyl (C=O) groups excluding carboxylic acids is 2. The first kappa shape index (κ1) is 28.7. The molecule has 38 heavy (non-hydrogen) atoms. The van der Waals surface area contributed by atoms with Gasteiger partial charge in [0.2, 0.25) is 5.91 Å². The molecule has 0 atom stereocenters. The van der Waals surface area contributed by atoms with E-state index >= 15 is 0 Å². The maximum atomic E-state index is 13.3. The average Bonchev–Trinajstić information content (AvgIpc) is 2.93. The minimum absolute atomic E-state index is 0.128. The number of carbonyl (C=O) groups is 2. The molecule has 0 aliphatic rings. The van der Waals surface area contributed by atoms with Gasteiger partial charge in [0.15, 0.2) is 0 Å². The predicted molar refractivity (Wildman–Crippen MR) is 152 cm³/mol. The number of benzene rings is 3. The number of ether oxygens (including phenoxy) is 2. The molecule has 202 valence electrons. The highest BCUT2D eigenvalue weighted by atomic mass is 16.5. The fourth-order valence-electron chi connectivity index (χ4n) is 3.79. The zero-order valence-electron chi connectivity index (χ0n) is 21.8. The van der Waals surface area contributed by atoms with E-state index in [0.717, 1.165) is 37.9 Å². The van der Waals surface area contributed by atoms with Crippen LogP contribution in [0.4, 0.5) is 11.4 Å². The Balaban J connectivity index is 1.65. The maximum absolute atomic E-state index is 13.3. The minimum atomic E-state index is -0.358. The van der Waals surface area contributed by atoms with Gasteiger partial charge >= 0.3 is 0 Å². The zero-order valence-corrected chi connectivity index (χ0v) is 21.8. The summed E-state index contributed by atoms with van der Waals surface area (Å²) < 4.78 is 11.5. The number of nitrogens with one attached hydrogen (secondary N) is 2. The van der Waals surface area contributed by atoms with Crippen LogP contribution in [-0.4, -0.2) is 31.5 Å². The Morgan fingerprint density at radius 1 is 0.684 bits per heavy atom. The smallest absolute Gasteiger partial charge is 0.257 e. The lowest BCUT2D eigenvalue weighted by Crippen LogP contribution is -2.18. The molecule has 6 N–H and O–H groups in total. The summed E-state index contributed by atoms with van der Waals surface area (Å²) in [6.45, 7) is 1.65. The molecule has 0 spiro atoms. The van der Waals surface area contributed by atoms with Crippen LogP contribution in [0.1, 0.15) is 55.3 Å². The first-order valence-corrected chi connectivity index (χ1v) is 13.2. The van der Waals surface area contributed by atoms with Gasteiger partial charge < -0.3 is 31.6 Å². The van der Waals surface area contributed by atoms with Crippen molar-refractivity contribution < 1.29 is 19.1 Å². The largest absolute Gasteiger partial charge is 0.494 e. The number of unbranched alkanes of at least 4 members (excludes halogenated alkanes) is 4. The molecule has 0 fully saturated rings. The molecule has 0 heterocycles. The first-order valence-electron chi connectivity index (χ1n) is 13.2. The van der Waals surface area contributed by atoms with Gasteiger partial charge in [0.05, 0.1) is 17.9 Å². The number of anilines is 2. The van der Waals surface area contributed by atoms with Crippen molar-refractivity contribution in [3.8, 4) is 17.2 Å². The van der Waals surface area contributed by atoms with E-state index in [4.69, 9.17) is 20.9 Å². The third kappa shape index (κ3) is 9.88. The molecule has 3 rings (SSSR count). The molecule has 0 aromatic heterocycles. The van der Waals surface area contributed by atoms with Crippen LogP contribution in [0.25, 0.3) is 0 Å². The van der Waals surface area contributed by atoms with Gasteiger partial charge in [0.1, 0.15) is 17.2 Å². The van der Waals surface area contributed by atoms with Crippen molar-refractivity contribution in [3.63, 3.8) is 0 Å². The summed E-state index contributed by atoms with van der Waals surface area (Å²) in [5.41, 5.74) is 12.4. The van der Waals surface area contributed by atoms with Crippen molar-refractivity contribution in [2.75, 3.05) is 30.3 Å². The van der Waals surface area contributed by atoms with Crippen LogP contribution in [0.3, 0.4) is 0 Å². The molecule has 3 aromatic rings. The van der Waals surface area contributed by atoms with E-state index in [1.807, 2.05) is 30.3 Å². The Morgan fingerprint density at radius 2 is 1.34 bits per heavy atom. The fraction of sp³-hybridized carbons (Fsp3) is 0.333. The van der Waals surface area contributed by atoms with Crippen LogP contribution < -0.4 is 31.6 Å². The molecule has 0 unspecified atom stereocenters. The maximum Gasteiger partial charge on any atom is 0.257 e. The molecule has 8 nitrogen and oxygen atoms in total. The highest BCUT2D eigenvalue weighted by Gasteiger charge is 2.16. The third-order valence-electron chi connectivity index (χ3n) is 5.83. The molecule has 8 heteroatoms. The number of nitrogens with two attached hydrogens (primary N) is 2. The highest BCUT2D eigenvalue weighted by molar-refractivity contribution is 6.10. The molecule has 2 amide bonds. The van der Waals surface area contributed by atoms with Crippen LogP contribution in [0.15, 0.2) is 72.8 Å². The summed E-state index contributed by atoms with van der Waals surface area (Å²) >= 11 is 0. The Kier molecular flexibility index (Phi) is 12.1. The predicted octanol–water partition coefficient (Wildman–Crippen LogP) is 5.70. The number of rotatable bonds is 16. The van der Waals surface area contributed by atoms with Gasteiger partial charge in [0.25, 0.3) is 5.91 Å². The summed E-state index contributed by atoms with van der Waals surface area (Å²) in [6, 6.07) is 21.6. The van der Waals surface area contributed by atoms with Gasteiger partial charge in [-0.05, 0) is 86.9 Å². The molecule has 3 aromatic carbocycles. The molecular formula is C30H38N4O4. The Hall–Kier alpha value is -3.88. The van der Waals surface area contributed by atoms with E-state index in [1.54, 1.807) is 42.5 Å². The van der Waals surface area contributed by atoms with Gasteiger partial charge in [-0.2, -0.15) is 0 Å². The quantitative estimate of drug-likeness (QED) is 0.180. The molecule has 0 saturated heterocycles. The molecule has 0 bridgehead atoms. The van der Waals surface area contributed by atoms with E-state index in [2.05, 4.69) is 10.6 Å². The van der Waals surface area contributed by atoms with Gasteiger partial charge in [-0.3, -0.25) is 9.59 Å². The van der Waals surface area contributed by atoms with E-state index in [-0.39, 0.29) is 11.8 Å². The number of amides is 2. The van der Waals surface area contributed by atoms with Crippen molar-refractivity contribution in [3.05, 3.63) is 78.4 Å². The second-order valence-corrected chi connectivity index (χ2v) is 8.95. The molecule has 0 aliphatic heterocycles. The summed E-state index contributed by atoms with van der Waals surface area (Å²) in [4.78, 5) is 25.9. The second-order valence-electron chi connectivity index (χ2n) is 8.95. The number of para-hydroxylation sites is 1. The van der Waals surface area contributed by atoms with E-state index in [0.29, 0.717) is 61.0 Å². The van der Waals surface area contributed by atoms with Crippen LogP contribution >= 0.6 is 0 Å². The van der Waals surface area contributed by atoms with Crippen molar-refractivity contribution in [2.45, 2.75) is 44.9 Å². The van der Waals surface area contributed by atoms with Gasteiger partial charge in [-0.25, -0.2) is 0 Å². The van der Waals surface area contributed by atoms with E-state index in [9.17, 15) is 9.59 Å². The minimum Gasteiger partial charge on any atom is -0.494 e. The Labute approximate surface area is 224 Å². The normalized spacial score (nSPS) is 10.6. The second kappa shape index (κ2) is 16.1. The lowest BCUT2D eigenvalue weighted by Gasteiger charge is -2.14. The zero-order chi connectivity index (χ0) is 27.0. The number of hydrogen-bond donors (Lipinski definition) is 4. The van der Waals surface area contributed by atoms with Crippen molar-refractivity contribution >= 4 is 23.2 Å². The van der Waals surface area contributed by atoms with Crippen LogP contribution in [0.2, 0.25) is 0 Å². The lowest BCUT2D eigenvalue weighted by atomic mass is 10.1. The first-order chi connectivity index (χ1) is 18.6. The summed E-state index contributed by atoms with van der Waals surface area (Å²) in [5, 5.41) is 5.79. The van der Waals surface area contributed by atoms with Crippen molar-refractivity contribution in [1.29, 1.82) is 0 Å². The van der Waals surface area contributed by atoms with E-state index in [1.165, 1.54) is 0 Å². The van der Waals surface area contributed by atoms with Crippen LogP contribution in [-0.2, 0) is 4.79 Å². The van der Waals surface area contributed by atoms with Gasteiger partial charge in [-0.15, -0.1) is 0 Å². The highest BCUT2D eigenvalue weighted by Crippen LogP contribution is 2.26. The summed E-state index contributed by atoms with van der Waals surface area (Å²) in [6.07, 6.45) is 5.99. The molecule has 0 saturated carbocycles. The Bertz CT molecular complexity index is 1140. The van der Waals surface area contributed by atoms with Crippen LogP contribution in [0, 0.1) is 0 Å². The number of hydrogen-bond acceptors (Lipinski definition) is 6. The van der Waals surface area contributed by atoms with Crippen molar-refractivity contribution in [1.82, 2.24) is 0 Å². The van der Waals surface area contributed by atoms with Gasteiger partial charge in [-0.1, -0.05) is 37.5 Å². The topological polar surface area (TPSA) is 129 Å². The molecule has 0 radical (unpaired) electrons. The third-order valence-corrected chi connectivity index (χ3v) is 5.83. The SMILES string of the molecule is NCCCCCCCC(=O)Nc1ccc(OCCCN)cc1C(=O)Nc1ccc(Oc2ccccc2)cc1. The average molecular weight is 519 g/mol. The monoisotopic (exact) mass is 518 g/mol. The van der Waals surface area contributed by atoms with Gasteiger partial charge in [0, 0.05) is 12.1 Å². The van der Waals surface area contributed by atoms with Crippen molar-refractivity contribution in [2.24, 2.45) is 11.5 Å². The summed E-state index contributed by atoms with van der Waals surface area (Å²) in [7, 11) is 0. The Morgan fingerprint density at radius 3 is 2.08 bits per heavy atom. The van der Waals surface area contributed by atoms with Crippen LogP contribution in [0.5, 0.6) is 17.2 Å². The fourth-order valence-corrected chi connectivity index (χ4v) is 3.79. The summed E-state index contributed by atoms with van der Waals surface area (Å²) in [5.74, 6) is 1.43. The standard InChI is InChI=1S/C30H38N4O4/c31-19-8-3-1-2-7-12-29(35)34-28-18-17-26(37-21-9-20-32)22-27(28)30(36)33-23-13-15-25(16-14-23)38-24-10-5-4-6-11-24/h4-6,10-11,13-18,22H,1-3,7-9,12,19-21,31-32H2,(H,33,36)(H,34,35). The lowest BCUT2D eigenvalue weighted by molar-refractivity contribution is -0.116. The van der Waals surface area contributed by atoms with E-state index < -0.39 is 0 Å². The molecule has 0 aliphatic carbocycles.